The summed E-state index contributed by atoms with van der Waals surface area (Å²) in [6.07, 6.45) is 9.70. The molecular weight excluding hydrogens is 316 g/mol. The fraction of sp³-hybridized carbons (Fsp3) is 0.500. The molecule has 7 nitrogen and oxygen atoms in total. The summed E-state index contributed by atoms with van der Waals surface area (Å²) in [7, 11) is 0. The highest BCUT2D eigenvalue weighted by Gasteiger charge is 2.30. The molecule has 5 heterocycles. The molecule has 0 aliphatic carbocycles. The molecule has 3 aromatic heterocycles. The van der Waals surface area contributed by atoms with E-state index >= 15 is 0 Å². The molecule has 0 spiro atoms. The first-order valence-corrected chi connectivity index (χ1v) is 9.12. The van der Waals surface area contributed by atoms with Crippen LogP contribution in [0, 0.1) is 0 Å². The largest absolute Gasteiger partial charge is 0.346 e. The first-order chi connectivity index (χ1) is 12.3. The fourth-order valence-electron chi connectivity index (χ4n) is 4.29. The number of carbonyl (C=O) groups excluding carboxylic acids is 1. The molecule has 0 aromatic carbocycles. The van der Waals surface area contributed by atoms with E-state index in [1.165, 1.54) is 0 Å². The molecule has 2 N–H and O–H groups in total. The maximum Gasteiger partial charge on any atom is 0.239 e. The number of aromatic amines is 1. The standard InChI is InChI=1S/C18H22N6O/c25-18(14-2-1-6-19-14)23-8-4-12(5-9-23)24-11-22-15-10-21-17-13(16(15)24)3-7-20-17/h3,7,10-12,14,19H,1-2,4-6,8-9H2,(H,20,21)/t14-/m1/s1. The molecule has 130 valence electrons. The van der Waals surface area contributed by atoms with Crippen molar-refractivity contribution in [3.05, 3.63) is 24.8 Å². The van der Waals surface area contributed by atoms with Gasteiger partial charge in [0.1, 0.15) is 11.2 Å². The van der Waals surface area contributed by atoms with Gasteiger partial charge in [0.25, 0.3) is 0 Å². The Labute approximate surface area is 145 Å². The normalized spacial score (nSPS) is 22.2. The molecule has 0 bridgehead atoms. The van der Waals surface area contributed by atoms with Crippen molar-refractivity contribution in [2.24, 2.45) is 0 Å². The number of nitrogens with zero attached hydrogens (tertiary/aromatic N) is 4. The number of hydrogen-bond donors (Lipinski definition) is 2. The zero-order chi connectivity index (χ0) is 16.8. The molecule has 2 saturated heterocycles. The van der Waals surface area contributed by atoms with Crippen LogP contribution in [0.2, 0.25) is 0 Å². The highest BCUT2D eigenvalue weighted by Crippen LogP contribution is 2.30. The molecule has 2 aliphatic rings. The lowest BCUT2D eigenvalue weighted by molar-refractivity contribution is -0.134. The quantitative estimate of drug-likeness (QED) is 0.747. The Hall–Kier alpha value is -2.41. The molecule has 5 rings (SSSR count). The van der Waals surface area contributed by atoms with Crippen LogP contribution in [0.15, 0.2) is 24.8 Å². The van der Waals surface area contributed by atoms with E-state index < -0.39 is 0 Å². The van der Waals surface area contributed by atoms with Gasteiger partial charge in [-0.15, -0.1) is 0 Å². The van der Waals surface area contributed by atoms with Crippen molar-refractivity contribution >= 4 is 28.0 Å². The number of likely N-dealkylation sites (tertiary alicyclic amines) is 1. The van der Waals surface area contributed by atoms with Crippen molar-refractivity contribution in [1.29, 1.82) is 0 Å². The van der Waals surface area contributed by atoms with Gasteiger partial charge in [-0.1, -0.05) is 0 Å². The lowest BCUT2D eigenvalue weighted by Gasteiger charge is -2.34. The van der Waals surface area contributed by atoms with E-state index in [9.17, 15) is 4.79 Å². The number of carbonyl (C=O) groups is 1. The summed E-state index contributed by atoms with van der Waals surface area (Å²) in [5.41, 5.74) is 2.98. The van der Waals surface area contributed by atoms with Crippen LogP contribution in [-0.2, 0) is 4.79 Å². The van der Waals surface area contributed by atoms with E-state index in [4.69, 9.17) is 0 Å². The highest BCUT2D eigenvalue weighted by molar-refractivity contribution is 6.00. The van der Waals surface area contributed by atoms with Crippen LogP contribution in [0.3, 0.4) is 0 Å². The van der Waals surface area contributed by atoms with Gasteiger partial charge in [-0.05, 0) is 38.3 Å². The van der Waals surface area contributed by atoms with Gasteiger partial charge in [0.2, 0.25) is 5.91 Å². The summed E-state index contributed by atoms with van der Waals surface area (Å²) in [4.78, 5) is 26.7. The van der Waals surface area contributed by atoms with Gasteiger partial charge >= 0.3 is 0 Å². The van der Waals surface area contributed by atoms with Crippen LogP contribution in [0.1, 0.15) is 31.7 Å². The SMILES string of the molecule is O=C([C@H]1CCCN1)N1CCC(n2cnc3cnc4[nH]ccc4c32)CC1. The average Bonchev–Trinajstić information content (AvgIpc) is 3.40. The van der Waals surface area contributed by atoms with Crippen molar-refractivity contribution in [2.75, 3.05) is 19.6 Å². The van der Waals surface area contributed by atoms with Crippen LogP contribution in [0.5, 0.6) is 0 Å². The number of H-pyrrole nitrogens is 1. The molecule has 0 unspecified atom stereocenters. The number of amides is 1. The van der Waals surface area contributed by atoms with Crippen molar-refractivity contribution < 1.29 is 4.79 Å². The van der Waals surface area contributed by atoms with Crippen molar-refractivity contribution in [2.45, 2.75) is 37.8 Å². The molecule has 0 saturated carbocycles. The summed E-state index contributed by atoms with van der Waals surface area (Å²) in [6, 6.07) is 2.48. The summed E-state index contributed by atoms with van der Waals surface area (Å²) in [5.74, 6) is 0.281. The lowest BCUT2D eigenvalue weighted by atomic mass is 10.0. The summed E-state index contributed by atoms with van der Waals surface area (Å²) < 4.78 is 2.28. The Balaban J connectivity index is 1.38. The van der Waals surface area contributed by atoms with Crippen molar-refractivity contribution in [3.63, 3.8) is 0 Å². The molecule has 3 aromatic rings. The number of hydrogen-bond acceptors (Lipinski definition) is 4. The Morgan fingerprint density at radius 1 is 1.20 bits per heavy atom. The minimum Gasteiger partial charge on any atom is -0.346 e. The number of imidazole rings is 1. The van der Waals surface area contributed by atoms with Crippen molar-refractivity contribution in [3.8, 4) is 0 Å². The van der Waals surface area contributed by atoms with E-state index in [1.807, 2.05) is 23.6 Å². The van der Waals surface area contributed by atoms with Gasteiger partial charge in [0.15, 0.2) is 0 Å². The Morgan fingerprint density at radius 2 is 2.08 bits per heavy atom. The number of fused-ring (bicyclic) bond motifs is 3. The highest BCUT2D eigenvalue weighted by atomic mass is 16.2. The minimum atomic E-state index is 0.0381. The van der Waals surface area contributed by atoms with Crippen molar-refractivity contribution in [1.82, 2.24) is 29.7 Å². The fourth-order valence-corrected chi connectivity index (χ4v) is 4.29. The zero-order valence-corrected chi connectivity index (χ0v) is 14.1. The van der Waals surface area contributed by atoms with Crippen LogP contribution >= 0.6 is 0 Å². The Bertz CT molecular complexity index is 914. The third-order valence-electron chi connectivity index (χ3n) is 5.65. The van der Waals surface area contributed by atoms with E-state index in [0.717, 1.165) is 67.4 Å². The van der Waals surface area contributed by atoms with Gasteiger partial charge in [0, 0.05) is 30.7 Å². The van der Waals surface area contributed by atoms with Crippen LogP contribution in [-0.4, -0.2) is 56.0 Å². The first kappa shape index (κ1) is 14.9. The number of pyridine rings is 1. The number of rotatable bonds is 2. The second kappa shape index (κ2) is 5.84. The Kier molecular flexibility index (Phi) is 3.48. The molecule has 2 fully saturated rings. The minimum absolute atomic E-state index is 0.0381. The van der Waals surface area contributed by atoms with Crippen LogP contribution in [0.4, 0.5) is 0 Å². The summed E-state index contributed by atoms with van der Waals surface area (Å²) in [6.45, 7) is 2.61. The Morgan fingerprint density at radius 3 is 2.88 bits per heavy atom. The molecule has 2 aliphatic heterocycles. The number of nitrogens with one attached hydrogen (secondary N) is 2. The molecule has 25 heavy (non-hydrogen) atoms. The first-order valence-electron chi connectivity index (χ1n) is 9.12. The molecular formula is C18H22N6O. The van der Waals surface area contributed by atoms with E-state index in [1.54, 1.807) is 0 Å². The summed E-state index contributed by atoms with van der Waals surface area (Å²) in [5, 5.41) is 4.43. The van der Waals surface area contributed by atoms with Gasteiger partial charge in [-0.3, -0.25) is 4.79 Å². The van der Waals surface area contributed by atoms with E-state index in [-0.39, 0.29) is 11.9 Å². The molecule has 7 heteroatoms. The predicted octanol–water partition coefficient (Wildman–Crippen LogP) is 1.83. The van der Waals surface area contributed by atoms with Crippen LogP contribution < -0.4 is 5.32 Å². The second-order valence-electron chi connectivity index (χ2n) is 7.09. The third kappa shape index (κ3) is 2.41. The molecule has 1 atom stereocenters. The van der Waals surface area contributed by atoms with Gasteiger partial charge in [-0.25, -0.2) is 9.97 Å². The zero-order valence-electron chi connectivity index (χ0n) is 14.1. The lowest BCUT2D eigenvalue weighted by Crippen LogP contribution is -2.47. The second-order valence-corrected chi connectivity index (χ2v) is 7.09. The predicted molar refractivity (Wildman–Crippen MR) is 95.3 cm³/mol. The third-order valence-corrected chi connectivity index (χ3v) is 5.65. The maximum absolute atomic E-state index is 12.6. The number of aromatic nitrogens is 4. The van der Waals surface area contributed by atoms with Gasteiger partial charge in [0.05, 0.1) is 24.1 Å². The van der Waals surface area contributed by atoms with Gasteiger partial charge in [-0.2, -0.15) is 0 Å². The summed E-state index contributed by atoms with van der Waals surface area (Å²) >= 11 is 0. The number of piperidine rings is 1. The maximum atomic E-state index is 12.6. The van der Waals surface area contributed by atoms with Crippen LogP contribution in [0.25, 0.3) is 22.1 Å². The molecule has 1 amide bonds. The van der Waals surface area contributed by atoms with E-state index in [2.05, 4.69) is 30.9 Å². The topological polar surface area (TPSA) is 78.8 Å². The van der Waals surface area contributed by atoms with Gasteiger partial charge < -0.3 is 19.8 Å². The molecule has 0 radical (unpaired) electrons. The smallest absolute Gasteiger partial charge is 0.239 e. The monoisotopic (exact) mass is 338 g/mol. The average molecular weight is 338 g/mol. The van der Waals surface area contributed by atoms with E-state index in [0.29, 0.717) is 6.04 Å².